The minimum atomic E-state index is -0.0642. The van der Waals surface area contributed by atoms with Crippen LogP contribution in [-0.4, -0.2) is 35.6 Å². The van der Waals surface area contributed by atoms with E-state index in [1.54, 1.807) is 23.1 Å². The number of carbonyl (C=O) groups is 1. The first-order valence-corrected chi connectivity index (χ1v) is 6.16. The average Bonchev–Trinajstić information content (AvgIpc) is 2.30. The number of rotatable bonds is 5. The Morgan fingerprint density at radius 3 is 2.71 bits per heavy atom. The Morgan fingerprint density at radius 2 is 2.12 bits per heavy atom. The molecule has 1 aromatic carbocycles. The number of aliphatic hydroxyl groups excluding tert-OH is 1. The van der Waals surface area contributed by atoms with Crippen molar-refractivity contribution in [2.75, 3.05) is 19.7 Å². The van der Waals surface area contributed by atoms with Crippen LogP contribution in [0.1, 0.15) is 12.5 Å². The number of hydrogen-bond donors (Lipinski definition) is 1. The van der Waals surface area contributed by atoms with Gasteiger partial charge in [-0.2, -0.15) is 0 Å². The van der Waals surface area contributed by atoms with Crippen LogP contribution in [0.15, 0.2) is 18.2 Å². The molecule has 0 heterocycles. The van der Waals surface area contributed by atoms with Crippen LogP contribution in [0.5, 0.6) is 0 Å². The first kappa shape index (κ1) is 14.3. The number of hydrogen-bond acceptors (Lipinski definition) is 2. The second kappa shape index (κ2) is 6.84. The van der Waals surface area contributed by atoms with Gasteiger partial charge in [0.15, 0.2) is 0 Å². The van der Waals surface area contributed by atoms with Gasteiger partial charge in [-0.3, -0.25) is 4.79 Å². The summed E-state index contributed by atoms with van der Waals surface area (Å²) >= 11 is 11.8. The molecule has 0 aliphatic carbocycles. The van der Waals surface area contributed by atoms with E-state index in [9.17, 15) is 4.79 Å². The van der Waals surface area contributed by atoms with E-state index in [1.165, 1.54) is 0 Å². The second-order valence-corrected chi connectivity index (χ2v) is 4.45. The summed E-state index contributed by atoms with van der Waals surface area (Å²) in [5.41, 5.74) is 0.709. The molecule has 94 valence electrons. The first-order valence-electron chi connectivity index (χ1n) is 5.41. The van der Waals surface area contributed by atoms with E-state index in [-0.39, 0.29) is 18.9 Å². The maximum Gasteiger partial charge on any atom is 0.227 e. The van der Waals surface area contributed by atoms with Crippen molar-refractivity contribution in [2.24, 2.45) is 0 Å². The van der Waals surface area contributed by atoms with E-state index in [0.29, 0.717) is 28.7 Å². The Kier molecular flexibility index (Phi) is 5.75. The third kappa shape index (κ3) is 4.19. The van der Waals surface area contributed by atoms with E-state index in [1.807, 2.05) is 6.92 Å². The van der Waals surface area contributed by atoms with Gasteiger partial charge in [0.2, 0.25) is 5.91 Å². The fourth-order valence-electron chi connectivity index (χ4n) is 1.53. The van der Waals surface area contributed by atoms with Gasteiger partial charge in [-0.05, 0) is 30.7 Å². The van der Waals surface area contributed by atoms with Crippen molar-refractivity contribution in [3.63, 3.8) is 0 Å². The summed E-state index contributed by atoms with van der Waals surface area (Å²) in [4.78, 5) is 13.5. The molecule has 0 aliphatic rings. The van der Waals surface area contributed by atoms with Crippen LogP contribution in [0.25, 0.3) is 0 Å². The molecule has 0 saturated heterocycles. The summed E-state index contributed by atoms with van der Waals surface area (Å²) in [6.45, 7) is 2.74. The molecule has 0 spiro atoms. The summed E-state index contributed by atoms with van der Waals surface area (Å²) in [5.74, 6) is -0.0642. The molecule has 1 N–H and O–H groups in total. The molecule has 0 aromatic heterocycles. The monoisotopic (exact) mass is 275 g/mol. The summed E-state index contributed by atoms with van der Waals surface area (Å²) < 4.78 is 0. The van der Waals surface area contributed by atoms with E-state index in [0.717, 1.165) is 0 Å². The fraction of sp³-hybridized carbons (Fsp3) is 0.417. The van der Waals surface area contributed by atoms with Crippen LogP contribution in [0.3, 0.4) is 0 Å². The predicted molar refractivity (Wildman–Crippen MR) is 69.5 cm³/mol. The van der Waals surface area contributed by atoms with Crippen molar-refractivity contribution in [1.82, 2.24) is 4.90 Å². The summed E-state index contributed by atoms with van der Waals surface area (Å²) in [5, 5.41) is 9.93. The second-order valence-electron chi connectivity index (χ2n) is 3.61. The van der Waals surface area contributed by atoms with Gasteiger partial charge in [0, 0.05) is 23.1 Å². The zero-order valence-electron chi connectivity index (χ0n) is 9.62. The molecule has 1 amide bonds. The average molecular weight is 276 g/mol. The van der Waals surface area contributed by atoms with Crippen molar-refractivity contribution in [3.05, 3.63) is 33.8 Å². The molecular weight excluding hydrogens is 261 g/mol. The lowest BCUT2D eigenvalue weighted by Gasteiger charge is -2.19. The van der Waals surface area contributed by atoms with Crippen molar-refractivity contribution < 1.29 is 9.90 Å². The number of benzene rings is 1. The number of amides is 1. The minimum absolute atomic E-state index is 0.0388. The SMILES string of the molecule is CCN(CCO)C(=O)Cc1cc(Cl)ccc1Cl. The molecule has 3 nitrogen and oxygen atoms in total. The molecular formula is C12H15Cl2NO2. The van der Waals surface area contributed by atoms with Crippen LogP contribution in [-0.2, 0) is 11.2 Å². The lowest BCUT2D eigenvalue weighted by molar-refractivity contribution is -0.130. The van der Waals surface area contributed by atoms with Gasteiger partial charge in [0.05, 0.1) is 13.0 Å². The highest BCUT2D eigenvalue weighted by Gasteiger charge is 2.13. The van der Waals surface area contributed by atoms with Crippen LogP contribution in [0.4, 0.5) is 0 Å². The summed E-state index contributed by atoms with van der Waals surface area (Å²) in [6.07, 6.45) is 0.202. The Morgan fingerprint density at radius 1 is 1.41 bits per heavy atom. The van der Waals surface area contributed by atoms with E-state index in [4.69, 9.17) is 28.3 Å². The van der Waals surface area contributed by atoms with Gasteiger partial charge in [-0.25, -0.2) is 0 Å². The molecule has 5 heteroatoms. The minimum Gasteiger partial charge on any atom is -0.395 e. The number of halogens is 2. The molecule has 0 atom stereocenters. The van der Waals surface area contributed by atoms with Gasteiger partial charge in [0.25, 0.3) is 0 Å². The van der Waals surface area contributed by atoms with Crippen LogP contribution < -0.4 is 0 Å². The predicted octanol–water partition coefficient (Wildman–Crippen LogP) is 2.38. The Balaban J connectivity index is 2.76. The lowest BCUT2D eigenvalue weighted by atomic mass is 10.1. The van der Waals surface area contributed by atoms with Crippen molar-refractivity contribution >= 4 is 29.1 Å². The zero-order chi connectivity index (χ0) is 12.8. The number of carbonyl (C=O) groups excluding carboxylic acids is 1. The summed E-state index contributed by atoms with van der Waals surface area (Å²) in [6, 6.07) is 5.05. The third-order valence-corrected chi connectivity index (χ3v) is 3.06. The molecule has 0 saturated carbocycles. The maximum atomic E-state index is 11.9. The Hall–Kier alpha value is -0.770. The molecule has 0 fully saturated rings. The largest absolute Gasteiger partial charge is 0.395 e. The molecule has 0 bridgehead atoms. The first-order chi connectivity index (χ1) is 8.08. The standard InChI is InChI=1S/C12H15Cl2NO2/c1-2-15(5-6-16)12(17)8-9-7-10(13)3-4-11(9)14/h3-4,7,16H,2,5-6,8H2,1H3. The normalized spacial score (nSPS) is 10.4. The number of likely N-dealkylation sites (N-methyl/N-ethyl adjacent to an activating group) is 1. The Labute approximate surface area is 111 Å². The molecule has 17 heavy (non-hydrogen) atoms. The zero-order valence-corrected chi connectivity index (χ0v) is 11.1. The van der Waals surface area contributed by atoms with Crippen LogP contribution in [0.2, 0.25) is 10.0 Å². The van der Waals surface area contributed by atoms with E-state index < -0.39 is 0 Å². The molecule has 0 aliphatic heterocycles. The molecule has 0 unspecified atom stereocenters. The quantitative estimate of drug-likeness (QED) is 0.897. The molecule has 1 aromatic rings. The van der Waals surface area contributed by atoms with E-state index >= 15 is 0 Å². The fourth-order valence-corrected chi connectivity index (χ4v) is 1.91. The molecule has 1 rings (SSSR count). The van der Waals surface area contributed by atoms with Crippen molar-refractivity contribution in [2.45, 2.75) is 13.3 Å². The van der Waals surface area contributed by atoms with Crippen LogP contribution >= 0.6 is 23.2 Å². The topological polar surface area (TPSA) is 40.5 Å². The highest BCUT2D eigenvalue weighted by atomic mass is 35.5. The summed E-state index contributed by atoms with van der Waals surface area (Å²) in [7, 11) is 0. The van der Waals surface area contributed by atoms with Gasteiger partial charge >= 0.3 is 0 Å². The van der Waals surface area contributed by atoms with Gasteiger partial charge < -0.3 is 10.0 Å². The van der Waals surface area contributed by atoms with E-state index in [2.05, 4.69) is 0 Å². The Bertz CT molecular complexity index is 396. The highest BCUT2D eigenvalue weighted by Crippen LogP contribution is 2.21. The number of nitrogens with zero attached hydrogens (tertiary/aromatic N) is 1. The highest BCUT2D eigenvalue weighted by molar-refractivity contribution is 6.33. The smallest absolute Gasteiger partial charge is 0.227 e. The van der Waals surface area contributed by atoms with Gasteiger partial charge in [0.1, 0.15) is 0 Å². The van der Waals surface area contributed by atoms with Crippen LogP contribution in [0, 0.1) is 0 Å². The third-order valence-electron chi connectivity index (χ3n) is 2.45. The van der Waals surface area contributed by atoms with Crippen molar-refractivity contribution in [1.29, 1.82) is 0 Å². The van der Waals surface area contributed by atoms with Crippen molar-refractivity contribution in [3.8, 4) is 0 Å². The van der Waals surface area contributed by atoms with Gasteiger partial charge in [-0.15, -0.1) is 0 Å². The van der Waals surface area contributed by atoms with Gasteiger partial charge in [-0.1, -0.05) is 23.2 Å². The molecule has 0 radical (unpaired) electrons. The number of aliphatic hydroxyl groups is 1. The lowest BCUT2D eigenvalue weighted by Crippen LogP contribution is -2.34. The maximum absolute atomic E-state index is 11.9.